The number of benzene rings is 1. The van der Waals surface area contributed by atoms with Gasteiger partial charge in [-0.1, -0.05) is 0 Å². The average molecular weight is 292 g/mol. The Balaban J connectivity index is 3.21. The Morgan fingerprint density at radius 2 is 2.00 bits per heavy atom. The minimum absolute atomic E-state index is 0.106. The average Bonchev–Trinajstić information content (AvgIpc) is 2.03. The molecular weight excluding hydrogens is 284 g/mol. The fraction of sp³-hybridized carbons (Fsp3) is 0. The third kappa shape index (κ3) is 2.59. The monoisotopic (exact) mass is 291 g/mol. The third-order valence-corrected chi connectivity index (χ3v) is 4.18. The molecule has 70 valence electrons. The van der Waals surface area contributed by atoms with Gasteiger partial charge >= 0.3 is 79.2 Å². The number of hydrogen-bond donors (Lipinski definition) is 3. The Bertz CT molecular complexity index is 384. The first-order valence-electron chi connectivity index (χ1n) is 3.37. The summed E-state index contributed by atoms with van der Waals surface area (Å²) in [6.07, 6.45) is 0. The van der Waals surface area contributed by atoms with E-state index in [-0.39, 0.29) is 9.07 Å². The zero-order chi connectivity index (χ0) is 10.1. The predicted molar refractivity (Wildman–Crippen MR) is 45.5 cm³/mol. The van der Waals surface area contributed by atoms with Crippen molar-refractivity contribution in [2.45, 2.75) is 0 Å². The van der Waals surface area contributed by atoms with Crippen molar-refractivity contribution in [2.75, 3.05) is 0 Å². The topological polar surface area (TPSA) is 101 Å². The van der Waals surface area contributed by atoms with E-state index in [9.17, 15) is 7.81 Å². The number of primary amides is 1. The van der Waals surface area contributed by atoms with Gasteiger partial charge in [-0.3, -0.25) is 0 Å². The summed E-state index contributed by atoms with van der Waals surface area (Å²) in [6, 6.07) is 5.21. The van der Waals surface area contributed by atoms with Crippen LogP contribution in [0.25, 0.3) is 0 Å². The van der Waals surface area contributed by atoms with Gasteiger partial charge in [-0.2, -0.15) is 0 Å². The summed E-state index contributed by atoms with van der Waals surface area (Å²) in [5.41, 5.74) is 5.05. The molecule has 0 atom stereocenters. The second-order valence-corrected chi connectivity index (χ2v) is 7.04. The molecule has 1 aromatic rings. The molecule has 0 fully saturated rings. The van der Waals surface area contributed by atoms with Gasteiger partial charge in [-0.05, 0) is 0 Å². The fourth-order valence-corrected chi connectivity index (χ4v) is 2.52. The molecule has 0 aliphatic carbocycles. The first-order chi connectivity index (χ1) is 5.91. The van der Waals surface area contributed by atoms with Crippen LogP contribution in [0.4, 0.5) is 0 Å². The van der Waals surface area contributed by atoms with Gasteiger partial charge < -0.3 is 0 Å². The van der Waals surface area contributed by atoms with Crippen LogP contribution in [0, 0.1) is 0 Å². The molecule has 1 rings (SSSR count). The summed E-state index contributed by atoms with van der Waals surface area (Å²) in [7, 11) is 0. The van der Waals surface area contributed by atoms with Gasteiger partial charge in [0.05, 0.1) is 0 Å². The van der Waals surface area contributed by atoms with Crippen molar-refractivity contribution in [1.82, 2.24) is 0 Å². The van der Waals surface area contributed by atoms with E-state index in [4.69, 9.17) is 12.5 Å². The molecule has 1 amide bonds. The maximum atomic E-state index is 10.8. The van der Waals surface area contributed by atoms with E-state index < -0.39 is 25.5 Å². The van der Waals surface area contributed by atoms with Crippen molar-refractivity contribution >= 4 is 29.1 Å². The number of amides is 1. The second-order valence-electron chi connectivity index (χ2n) is 2.46. The Kier molecular flexibility index (Phi) is 2.80. The van der Waals surface area contributed by atoms with Crippen LogP contribution in [0.2, 0.25) is 0 Å². The van der Waals surface area contributed by atoms with E-state index in [1.807, 2.05) is 0 Å². The first kappa shape index (κ1) is 10.3. The van der Waals surface area contributed by atoms with E-state index in [0.717, 1.165) is 6.07 Å². The van der Waals surface area contributed by atoms with Gasteiger partial charge in [-0.25, -0.2) is 0 Å². The van der Waals surface area contributed by atoms with Gasteiger partial charge in [-0.15, -0.1) is 0 Å². The molecule has 0 saturated heterocycles. The van der Waals surface area contributed by atoms with Crippen LogP contribution in [0.5, 0.6) is 0 Å². The van der Waals surface area contributed by atoms with Crippen LogP contribution in [-0.4, -0.2) is 32.3 Å². The van der Waals surface area contributed by atoms with Crippen molar-refractivity contribution in [3.8, 4) is 0 Å². The summed E-state index contributed by atoms with van der Waals surface area (Å²) in [5, 5.41) is 0. The number of rotatable bonds is 2. The van der Waals surface area contributed by atoms with Crippen LogP contribution < -0.4 is 9.24 Å². The zero-order valence-corrected chi connectivity index (χ0v) is 9.10. The molecule has 0 saturated carbocycles. The molecular formula is C7H8NO4Sb. The Morgan fingerprint density at radius 1 is 1.38 bits per heavy atom. The second kappa shape index (κ2) is 3.54. The van der Waals surface area contributed by atoms with Gasteiger partial charge in [0, 0.05) is 0 Å². The van der Waals surface area contributed by atoms with Crippen LogP contribution in [0.3, 0.4) is 0 Å². The van der Waals surface area contributed by atoms with Crippen molar-refractivity contribution in [1.29, 1.82) is 0 Å². The molecule has 4 N–H and O–H groups in total. The minimum atomic E-state index is -5.18. The van der Waals surface area contributed by atoms with E-state index >= 15 is 0 Å². The van der Waals surface area contributed by atoms with Crippen molar-refractivity contribution in [3.05, 3.63) is 29.8 Å². The first-order valence-corrected chi connectivity index (χ1v) is 7.97. The summed E-state index contributed by atoms with van der Waals surface area (Å²) in [5.74, 6) is -0.698. The molecule has 0 aliphatic heterocycles. The molecule has 0 heterocycles. The van der Waals surface area contributed by atoms with Crippen molar-refractivity contribution in [2.24, 2.45) is 5.73 Å². The van der Waals surface area contributed by atoms with Gasteiger partial charge in [0.15, 0.2) is 0 Å². The Labute approximate surface area is 79.3 Å². The summed E-state index contributed by atoms with van der Waals surface area (Å²) in [6.45, 7) is 0. The van der Waals surface area contributed by atoms with Crippen LogP contribution in [0.1, 0.15) is 10.4 Å². The molecule has 1 aromatic carbocycles. The van der Waals surface area contributed by atoms with Crippen molar-refractivity contribution in [3.63, 3.8) is 0 Å². The molecule has 6 heteroatoms. The predicted octanol–water partition coefficient (Wildman–Crippen LogP) is -1.65. The Hall–Kier alpha value is -0.772. The molecule has 0 bridgehead atoms. The molecule has 0 radical (unpaired) electrons. The fourth-order valence-electron chi connectivity index (χ4n) is 0.840. The SMILES string of the molecule is NC(=O)c1ccc[c]([Sb](=[O])([OH])[OH])c1. The van der Waals surface area contributed by atoms with E-state index in [0.29, 0.717) is 0 Å². The van der Waals surface area contributed by atoms with Crippen LogP contribution in [0.15, 0.2) is 24.3 Å². The van der Waals surface area contributed by atoms with E-state index in [2.05, 4.69) is 0 Å². The van der Waals surface area contributed by atoms with Crippen LogP contribution in [-0.2, 0) is 3.02 Å². The van der Waals surface area contributed by atoms with Gasteiger partial charge in [0.2, 0.25) is 0 Å². The zero-order valence-electron chi connectivity index (χ0n) is 6.54. The molecule has 13 heavy (non-hydrogen) atoms. The molecule has 5 nitrogen and oxygen atoms in total. The summed E-state index contributed by atoms with van der Waals surface area (Å²) in [4.78, 5) is 10.7. The number of hydrogen-bond acceptors (Lipinski definition) is 2. The molecule has 0 aliphatic rings. The number of carbonyl (C=O) groups excluding carboxylic acids is 1. The maximum absolute atomic E-state index is 10.8. The van der Waals surface area contributed by atoms with Gasteiger partial charge in [0.1, 0.15) is 0 Å². The normalized spacial score (nSPS) is 11.2. The quantitative estimate of drug-likeness (QED) is 0.568. The van der Waals surface area contributed by atoms with Gasteiger partial charge in [0.25, 0.3) is 0 Å². The van der Waals surface area contributed by atoms with E-state index in [1.165, 1.54) is 18.2 Å². The molecule has 0 aromatic heterocycles. The van der Waals surface area contributed by atoms with Crippen LogP contribution >= 0.6 is 0 Å². The third-order valence-electron chi connectivity index (χ3n) is 1.47. The summed E-state index contributed by atoms with van der Waals surface area (Å²) >= 11 is -5.18. The standard InChI is InChI=1S/C7H6NO.2H2O.O.Sb/c8-7(9)6-4-2-1-3-5-6;;;;/h1-2,4-5H,(H2,8,9);2*1H2;;/q;;;;+2/p-2. The van der Waals surface area contributed by atoms with E-state index in [1.54, 1.807) is 0 Å². The molecule has 0 unspecified atom stereocenters. The number of carbonyl (C=O) groups is 1. The Morgan fingerprint density at radius 3 is 2.46 bits per heavy atom. The van der Waals surface area contributed by atoms with Crippen molar-refractivity contribution < 1.29 is 14.6 Å². The summed E-state index contributed by atoms with van der Waals surface area (Å²) < 4.78 is 28.4. The molecule has 0 spiro atoms. The number of nitrogens with two attached hydrogens (primary N) is 1.